The molecule has 0 unspecified atom stereocenters. The van der Waals surface area contributed by atoms with E-state index in [-0.39, 0.29) is 0 Å². The summed E-state index contributed by atoms with van der Waals surface area (Å²) >= 11 is 0. The van der Waals surface area contributed by atoms with Gasteiger partial charge in [-0.25, -0.2) is 4.79 Å². The number of hydrogen-bond acceptors (Lipinski definition) is 5. The minimum absolute atomic E-state index is 0.369. The Kier molecular flexibility index (Phi) is 5.79. The lowest BCUT2D eigenvalue weighted by atomic mass is 10.3. The van der Waals surface area contributed by atoms with Gasteiger partial charge in [-0.1, -0.05) is 0 Å². The van der Waals surface area contributed by atoms with E-state index in [0.29, 0.717) is 30.3 Å². The molecule has 18 heavy (non-hydrogen) atoms. The Morgan fingerprint density at radius 2 is 1.61 bits per heavy atom. The summed E-state index contributed by atoms with van der Waals surface area (Å²) in [6.07, 6.45) is -0.513. The summed E-state index contributed by atoms with van der Waals surface area (Å²) in [5.41, 5.74) is 0. The summed E-state index contributed by atoms with van der Waals surface area (Å²) in [7, 11) is 4.87. The third kappa shape index (κ3) is 4.50. The molecule has 0 aliphatic rings. The van der Waals surface area contributed by atoms with Crippen molar-refractivity contribution in [3.63, 3.8) is 0 Å². The van der Waals surface area contributed by atoms with Gasteiger partial charge in [0, 0.05) is 31.3 Å². The van der Waals surface area contributed by atoms with Gasteiger partial charge in [0.2, 0.25) is 0 Å². The van der Waals surface area contributed by atoms with Crippen LogP contribution in [0, 0.1) is 0 Å². The van der Waals surface area contributed by atoms with Crippen molar-refractivity contribution in [1.29, 1.82) is 0 Å². The molecule has 0 aromatic heterocycles. The molecule has 0 saturated heterocycles. The number of methoxy groups -OCH3 is 2. The number of carbonyl (C=O) groups is 1. The van der Waals surface area contributed by atoms with Gasteiger partial charge in [0.1, 0.15) is 17.2 Å². The Hall–Kier alpha value is -1.95. The first-order valence-corrected chi connectivity index (χ1v) is 5.53. The Bertz CT molecular complexity index is 373. The quantitative estimate of drug-likeness (QED) is 0.742. The van der Waals surface area contributed by atoms with Gasteiger partial charge < -0.3 is 24.8 Å². The Morgan fingerprint density at radius 3 is 2.11 bits per heavy atom. The highest BCUT2D eigenvalue weighted by Gasteiger charge is 2.07. The lowest BCUT2D eigenvalue weighted by Gasteiger charge is -2.09. The summed E-state index contributed by atoms with van der Waals surface area (Å²) < 4.78 is 15.3. The second kappa shape index (κ2) is 7.39. The minimum atomic E-state index is -0.513. The van der Waals surface area contributed by atoms with E-state index in [1.807, 2.05) is 0 Å². The van der Waals surface area contributed by atoms with Crippen molar-refractivity contribution in [2.45, 2.75) is 0 Å². The SMILES string of the molecule is CNCCNC(=O)Oc1cc(OC)cc(OC)c1. The Balaban J connectivity index is 2.62. The summed E-state index contributed by atoms with van der Waals surface area (Å²) in [4.78, 5) is 11.4. The third-order valence-electron chi connectivity index (χ3n) is 2.18. The summed E-state index contributed by atoms with van der Waals surface area (Å²) in [5.74, 6) is 1.49. The molecule has 0 saturated carbocycles. The number of likely N-dealkylation sites (N-methyl/N-ethyl adjacent to an activating group) is 1. The highest BCUT2D eigenvalue weighted by molar-refractivity contribution is 5.70. The smallest absolute Gasteiger partial charge is 0.412 e. The number of rotatable bonds is 6. The van der Waals surface area contributed by atoms with Crippen LogP contribution < -0.4 is 24.8 Å². The largest absolute Gasteiger partial charge is 0.496 e. The average Bonchev–Trinajstić information content (AvgIpc) is 2.38. The van der Waals surface area contributed by atoms with E-state index in [1.54, 1.807) is 25.2 Å². The molecule has 1 amide bonds. The van der Waals surface area contributed by atoms with Gasteiger partial charge in [-0.05, 0) is 7.05 Å². The van der Waals surface area contributed by atoms with E-state index in [4.69, 9.17) is 14.2 Å². The molecule has 0 aliphatic carbocycles. The highest BCUT2D eigenvalue weighted by atomic mass is 16.6. The van der Waals surface area contributed by atoms with Crippen molar-refractivity contribution in [1.82, 2.24) is 10.6 Å². The van der Waals surface area contributed by atoms with Crippen molar-refractivity contribution in [2.24, 2.45) is 0 Å². The van der Waals surface area contributed by atoms with Crippen LogP contribution >= 0.6 is 0 Å². The first-order valence-electron chi connectivity index (χ1n) is 5.53. The second-order valence-corrected chi connectivity index (χ2v) is 3.47. The van der Waals surface area contributed by atoms with E-state index >= 15 is 0 Å². The summed E-state index contributed by atoms with van der Waals surface area (Å²) in [6.45, 7) is 1.17. The number of carbonyl (C=O) groups excluding carboxylic acids is 1. The molecule has 0 aliphatic heterocycles. The van der Waals surface area contributed by atoms with Crippen LogP contribution in [-0.2, 0) is 0 Å². The molecule has 0 bridgehead atoms. The van der Waals surface area contributed by atoms with Gasteiger partial charge in [0.05, 0.1) is 14.2 Å². The van der Waals surface area contributed by atoms with Gasteiger partial charge in [-0.3, -0.25) is 0 Å². The summed E-state index contributed by atoms with van der Waals surface area (Å²) in [6, 6.07) is 4.92. The predicted octanol–water partition coefficient (Wildman–Crippen LogP) is 1.01. The van der Waals surface area contributed by atoms with Crippen molar-refractivity contribution in [3.8, 4) is 17.2 Å². The van der Waals surface area contributed by atoms with Gasteiger partial charge in [0.15, 0.2) is 0 Å². The standard InChI is InChI=1S/C12H18N2O4/c1-13-4-5-14-12(15)18-11-7-9(16-2)6-10(8-11)17-3/h6-8,13H,4-5H2,1-3H3,(H,14,15). The fourth-order valence-electron chi connectivity index (χ4n) is 1.27. The van der Waals surface area contributed by atoms with Crippen molar-refractivity contribution >= 4 is 6.09 Å². The van der Waals surface area contributed by atoms with Crippen LogP contribution in [0.1, 0.15) is 0 Å². The zero-order valence-electron chi connectivity index (χ0n) is 10.8. The van der Waals surface area contributed by atoms with Crippen LogP contribution in [0.15, 0.2) is 18.2 Å². The van der Waals surface area contributed by atoms with Crippen molar-refractivity contribution in [3.05, 3.63) is 18.2 Å². The van der Waals surface area contributed by atoms with E-state index < -0.39 is 6.09 Å². The normalized spacial score (nSPS) is 9.72. The fraction of sp³-hybridized carbons (Fsp3) is 0.417. The van der Waals surface area contributed by atoms with Crippen LogP contribution in [0.4, 0.5) is 4.79 Å². The van der Waals surface area contributed by atoms with Gasteiger partial charge in [-0.15, -0.1) is 0 Å². The predicted molar refractivity (Wildman–Crippen MR) is 67.5 cm³/mol. The summed E-state index contributed by atoms with van der Waals surface area (Å²) in [5, 5.41) is 5.51. The molecule has 0 atom stereocenters. The van der Waals surface area contributed by atoms with Crippen LogP contribution in [0.2, 0.25) is 0 Å². The number of ether oxygens (including phenoxy) is 3. The molecule has 0 fully saturated rings. The number of hydrogen-bond donors (Lipinski definition) is 2. The maximum Gasteiger partial charge on any atom is 0.412 e. The molecule has 0 radical (unpaired) electrons. The molecular formula is C12H18N2O4. The molecule has 1 rings (SSSR count). The first-order chi connectivity index (χ1) is 8.69. The first kappa shape index (κ1) is 14.1. The average molecular weight is 254 g/mol. The molecule has 0 heterocycles. The Morgan fingerprint density at radius 1 is 1.06 bits per heavy atom. The van der Waals surface area contributed by atoms with Gasteiger partial charge in [0.25, 0.3) is 0 Å². The molecule has 0 spiro atoms. The van der Waals surface area contributed by atoms with Gasteiger partial charge >= 0.3 is 6.09 Å². The monoisotopic (exact) mass is 254 g/mol. The molecule has 6 nitrogen and oxygen atoms in total. The van der Waals surface area contributed by atoms with E-state index in [9.17, 15) is 4.79 Å². The molecule has 2 N–H and O–H groups in total. The lowest BCUT2D eigenvalue weighted by molar-refractivity contribution is 0.200. The zero-order chi connectivity index (χ0) is 13.4. The van der Waals surface area contributed by atoms with Crippen molar-refractivity contribution in [2.75, 3.05) is 34.4 Å². The third-order valence-corrected chi connectivity index (χ3v) is 2.18. The van der Waals surface area contributed by atoms with E-state index in [2.05, 4.69) is 10.6 Å². The van der Waals surface area contributed by atoms with Crippen LogP contribution in [0.5, 0.6) is 17.2 Å². The van der Waals surface area contributed by atoms with Crippen molar-refractivity contribution < 1.29 is 19.0 Å². The molecule has 6 heteroatoms. The van der Waals surface area contributed by atoms with Crippen LogP contribution in [-0.4, -0.2) is 40.5 Å². The number of amides is 1. The van der Waals surface area contributed by atoms with Crippen LogP contribution in [0.25, 0.3) is 0 Å². The fourth-order valence-corrected chi connectivity index (χ4v) is 1.27. The molecular weight excluding hydrogens is 236 g/mol. The minimum Gasteiger partial charge on any atom is -0.496 e. The maximum absolute atomic E-state index is 11.4. The Labute approximate surface area is 106 Å². The number of benzene rings is 1. The van der Waals surface area contributed by atoms with E-state index in [0.717, 1.165) is 0 Å². The topological polar surface area (TPSA) is 68.8 Å². The lowest BCUT2D eigenvalue weighted by Crippen LogP contribution is -2.32. The highest BCUT2D eigenvalue weighted by Crippen LogP contribution is 2.27. The van der Waals surface area contributed by atoms with E-state index in [1.165, 1.54) is 14.2 Å². The second-order valence-electron chi connectivity index (χ2n) is 3.47. The number of nitrogens with one attached hydrogen (secondary N) is 2. The molecule has 1 aromatic carbocycles. The maximum atomic E-state index is 11.4. The van der Waals surface area contributed by atoms with Crippen LogP contribution in [0.3, 0.4) is 0 Å². The zero-order valence-corrected chi connectivity index (χ0v) is 10.8. The molecule has 100 valence electrons. The molecule has 1 aromatic rings. The van der Waals surface area contributed by atoms with Gasteiger partial charge in [-0.2, -0.15) is 0 Å².